The Bertz CT molecular complexity index is 459. The van der Waals surface area contributed by atoms with E-state index in [2.05, 4.69) is 5.92 Å². The Morgan fingerprint density at radius 1 is 0.846 bits per heavy atom. The molecule has 3 aliphatic rings. The molecule has 0 N–H and O–H groups in total. The second-order valence-corrected chi connectivity index (χ2v) is 8.94. The highest BCUT2D eigenvalue weighted by atomic mass is 19.2. The van der Waals surface area contributed by atoms with Gasteiger partial charge in [0.05, 0.1) is 6.10 Å². The third-order valence-corrected chi connectivity index (χ3v) is 7.49. The zero-order chi connectivity index (χ0) is 18.5. The minimum absolute atomic E-state index is 0.122. The van der Waals surface area contributed by atoms with Gasteiger partial charge in [0, 0.05) is 0 Å². The first-order valence-corrected chi connectivity index (χ1v) is 11.0. The molecule has 3 rings (SSSR count). The van der Waals surface area contributed by atoms with Gasteiger partial charge in [0.15, 0.2) is 6.17 Å². The summed E-state index contributed by atoms with van der Waals surface area (Å²) in [6, 6.07) is 0. The highest BCUT2D eigenvalue weighted by Crippen LogP contribution is 2.46. The SMILES string of the molecule is C#CC(CC)OC1CCC(C2CCC(C3CCCCC3)CC2)C(F)C1F. The smallest absolute Gasteiger partial charge is 0.157 e. The second-order valence-electron chi connectivity index (χ2n) is 8.94. The van der Waals surface area contributed by atoms with Crippen molar-refractivity contribution in [1.82, 2.24) is 0 Å². The van der Waals surface area contributed by atoms with Gasteiger partial charge < -0.3 is 4.74 Å². The van der Waals surface area contributed by atoms with Crippen LogP contribution in [0.2, 0.25) is 0 Å². The lowest BCUT2D eigenvalue weighted by atomic mass is 9.65. The van der Waals surface area contributed by atoms with Crippen molar-refractivity contribution in [3.05, 3.63) is 0 Å². The summed E-state index contributed by atoms with van der Waals surface area (Å²) in [4.78, 5) is 0. The van der Waals surface area contributed by atoms with Crippen LogP contribution in [-0.4, -0.2) is 24.6 Å². The molecule has 26 heavy (non-hydrogen) atoms. The summed E-state index contributed by atoms with van der Waals surface area (Å²) in [6.07, 6.45) is 15.0. The van der Waals surface area contributed by atoms with Gasteiger partial charge in [0.2, 0.25) is 0 Å². The average Bonchev–Trinajstić information content (AvgIpc) is 2.70. The Balaban J connectivity index is 1.49. The van der Waals surface area contributed by atoms with E-state index in [9.17, 15) is 8.78 Å². The molecule has 3 saturated carbocycles. The number of halogens is 2. The third-order valence-electron chi connectivity index (χ3n) is 7.49. The highest BCUT2D eigenvalue weighted by Gasteiger charge is 2.45. The molecule has 3 aliphatic carbocycles. The largest absolute Gasteiger partial charge is 0.359 e. The van der Waals surface area contributed by atoms with E-state index >= 15 is 0 Å². The summed E-state index contributed by atoms with van der Waals surface area (Å²) >= 11 is 0. The molecule has 5 unspecified atom stereocenters. The van der Waals surface area contributed by atoms with E-state index in [1.165, 1.54) is 44.9 Å². The Hall–Kier alpha value is -0.620. The van der Waals surface area contributed by atoms with E-state index in [0.29, 0.717) is 18.8 Å². The molecule has 0 aromatic rings. The summed E-state index contributed by atoms with van der Waals surface area (Å²) in [5.74, 6) is 4.51. The van der Waals surface area contributed by atoms with Crippen molar-refractivity contribution < 1.29 is 13.5 Å². The van der Waals surface area contributed by atoms with Gasteiger partial charge in [-0.1, -0.05) is 44.9 Å². The van der Waals surface area contributed by atoms with Crippen molar-refractivity contribution >= 4 is 0 Å². The Kier molecular flexibility index (Phi) is 7.38. The van der Waals surface area contributed by atoms with Gasteiger partial charge >= 0.3 is 0 Å². The molecule has 3 heteroatoms. The number of ether oxygens (including phenoxy) is 1. The van der Waals surface area contributed by atoms with Crippen LogP contribution in [0.4, 0.5) is 8.78 Å². The van der Waals surface area contributed by atoms with Crippen LogP contribution in [0, 0.1) is 36.0 Å². The fourth-order valence-electron chi connectivity index (χ4n) is 5.87. The van der Waals surface area contributed by atoms with E-state index in [0.717, 1.165) is 31.1 Å². The molecule has 3 fully saturated rings. The van der Waals surface area contributed by atoms with Gasteiger partial charge in [-0.3, -0.25) is 0 Å². The van der Waals surface area contributed by atoms with E-state index in [-0.39, 0.29) is 5.92 Å². The zero-order valence-corrected chi connectivity index (χ0v) is 16.3. The van der Waals surface area contributed by atoms with Gasteiger partial charge in [-0.15, -0.1) is 6.42 Å². The molecule has 1 nitrogen and oxygen atoms in total. The molecular weight excluding hydrogens is 330 g/mol. The van der Waals surface area contributed by atoms with Crippen LogP contribution in [0.1, 0.15) is 84.0 Å². The third kappa shape index (κ3) is 4.61. The van der Waals surface area contributed by atoms with Gasteiger partial charge in [0.25, 0.3) is 0 Å². The molecule has 0 amide bonds. The molecule has 0 radical (unpaired) electrons. The Morgan fingerprint density at radius 3 is 2.08 bits per heavy atom. The highest BCUT2D eigenvalue weighted by molar-refractivity contribution is 4.98. The maximum Gasteiger partial charge on any atom is 0.157 e. The van der Waals surface area contributed by atoms with E-state index in [4.69, 9.17) is 11.2 Å². The van der Waals surface area contributed by atoms with Crippen molar-refractivity contribution in [2.45, 2.75) is 109 Å². The molecule has 0 saturated heterocycles. The lowest BCUT2D eigenvalue weighted by Gasteiger charge is -2.43. The quantitative estimate of drug-likeness (QED) is 0.522. The van der Waals surface area contributed by atoms with Crippen LogP contribution >= 0.6 is 0 Å². The molecule has 0 spiro atoms. The van der Waals surface area contributed by atoms with E-state index < -0.39 is 24.6 Å². The van der Waals surface area contributed by atoms with Gasteiger partial charge in [-0.25, -0.2) is 8.78 Å². The van der Waals surface area contributed by atoms with Crippen molar-refractivity contribution in [1.29, 1.82) is 0 Å². The number of rotatable bonds is 5. The summed E-state index contributed by atoms with van der Waals surface area (Å²) in [7, 11) is 0. The molecule has 0 bridgehead atoms. The number of hydrogen-bond acceptors (Lipinski definition) is 1. The van der Waals surface area contributed by atoms with Crippen LogP contribution in [0.5, 0.6) is 0 Å². The summed E-state index contributed by atoms with van der Waals surface area (Å²) in [6.45, 7) is 1.92. The van der Waals surface area contributed by atoms with Gasteiger partial charge in [0.1, 0.15) is 12.3 Å². The lowest BCUT2D eigenvalue weighted by Crippen LogP contribution is -2.46. The minimum Gasteiger partial charge on any atom is -0.359 e. The molecule has 0 aromatic carbocycles. The van der Waals surface area contributed by atoms with Crippen LogP contribution in [-0.2, 0) is 4.74 Å². The molecule has 0 heterocycles. The summed E-state index contributed by atoms with van der Waals surface area (Å²) < 4.78 is 35.2. The van der Waals surface area contributed by atoms with Gasteiger partial charge in [-0.05, 0) is 68.6 Å². The monoisotopic (exact) mass is 366 g/mol. The topological polar surface area (TPSA) is 9.23 Å². The standard InChI is InChI=1S/C23H36F2O/c1-3-19(4-2)26-21-15-14-20(22(24)23(21)25)18-12-10-17(11-13-18)16-8-6-5-7-9-16/h1,16-23H,4-15H2,2H3. The normalized spacial score (nSPS) is 40.7. The van der Waals surface area contributed by atoms with Crippen molar-refractivity contribution in [2.24, 2.45) is 23.7 Å². The molecule has 0 aliphatic heterocycles. The Morgan fingerprint density at radius 2 is 1.46 bits per heavy atom. The molecule has 148 valence electrons. The average molecular weight is 367 g/mol. The van der Waals surface area contributed by atoms with E-state index in [1.54, 1.807) is 0 Å². The molecular formula is C23H36F2O. The fraction of sp³-hybridized carbons (Fsp3) is 0.913. The predicted molar refractivity (Wildman–Crippen MR) is 102 cm³/mol. The van der Waals surface area contributed by atoms with Crippen LogP contribution in [0.25, 0.3) is 0 Å². The first-order chi connectivity index (χ1) is 12.6. The second kappa shape index (κ2) is 9.54. The first kappa shape index (κ1) is 20.1. The number of terminal acetylenes is 1. The van der Waals surface area contributed by atoms with E-state index in [1.807, 2.05) is 6.92 Å². The zero-order valence-electron chi connectivity index (χ0n) is 16.3. The lowest BCUT2D eigenvalue weighted by molar-refractivity contribution is -0.102. The maximum atomic E-state index is 14.9. The predicted octanol–water partition coefficient (Wildman–Crippen LogP) is 6.26. The first-order valence-electron chi connectivity index (χ1n) is 11.0. The number of alkyl halides is 2. The Labute approximate surface area is 158 Å². The van der Waals surface area contributed by atoms with Crippen LogP contribution in [0.3, 0.4) is 0 Å². The van der Waals surface area contributed by atoms with Crippen molar-refractivity contribution in [3.63, 3.8) is 0 Å². The summed E-state index contributed by atoms with van der Waals surface area (Å²) in [5, 5.41) is 0. The molecule has 0 aromatic heterocycles. The van der Waals surface area contributed by atoms with Crippen LogP contribution < -0.4 is 0 Å². The van der Waals surface area contributed by atoms with Crippen LogP contribution in [0.15, 0.2) is 0 Å². The fourth-order valence-corrected chi connectivity index (χ4v) is 5.87. The van der Waals surface area contributed by atoms with Crippen molar-refractivity contribution in [2.75, 3.05) is 0 Å². The number of hydrogen-bond donors (Lipinski definition) is 0. The summed E-state index contributed by atoms with van der Waals surface area (Å²) in [5.41, 5.74) is 0. The van der Waals surface area contributed by atoms with Gasteiger partial charge in [-0.2, -0.15) is 0 Å². The molecule has 5 atom stereocenters. The maximum absolute atomic E-state index is 14.9. The minimum atomic E-state index is -1.52. The van der Waals surface area contributed by atoms with Crippen molar-refractivity contribution in [3.8, 4) is 12.3 Å².